The fourth-order valence-corrected chi connectivity index (χ4v) is 4.59. The van der Waals surface area contributed by atoms with Crippen molar-refractivity contribution in [1.82, 2.24) is 15.2 Å². The summed E-state index contributed by atoms with van der Waals surface area (Å²) < 4.78 is 5.52. The molecule has 3 heterocycles. The normalized spacial score (nSPS) is 28.3. The van der Waals surface area contributed by atoms with Crippen molar-refractivity contribution in [2.24, 2.45) is 11.3 Å². The fourth-order valence-electron chi connectivity index (χ4n) is 4.59. The Morgan fingerprint density at radius 2 is 2.16 bits per heavy atom. The lowest BCUT2D eigenvalue weighted by molar-refractivity contribution is -0.137. The molecule has 1 amide bonds. The van der Waals surface area contributed by atoms with Gasteiger partial charge in [-0.05, 0) is 69.2 Å². The Balaban J connectivity index is 1.51. The van der Waals surface area contributed by atoms with Crippen molar-refractivity contribution >= 4 is 5.91 Å². The van der Waals surface area contributed by atoms with Gasteiger partial charge in [0.05, 0.1) is 12.2 Å². The van der Waals surface area contributed by atoms with E-state index in [1.807, 2.05) is 24.4 Å². The van der Waals surface area contributed by atoms with Gasteiger partial charge >= 0.3 is 0 Å². The number of nitrogens with one attached hydrogen (secondary N) is 1. The molecule has 0 radical (unpaired) electrons. The molecule has 1 aliphatic carbocycles. The Bertz CT molecular complexity index is 578. The largest absolute Gasteiger partial charge is 0.381 e. The fraction of sp³-hybridized carbons (Fsp3) is 0.700. The number of nitrogens with zero attached hydrogens (tertiary/aromatic N) is 2. The first-order valence-corrected chi connectivity index (χ1v) is 9.77. The van der Waals surface area contributed by atoms with E-state index in [1.165, 1.54) is 0 Å². The number of hydrogen-bond acceptors (Lipinski definition) is 4. The number of aromatic nitrogens is 1. The van der Waals surface area contributed by atoms with Crippen molar-refractivity contribution in [3.63, 3.8) is 0 Å². The first kappa shape index (κ1) is 17.0. The molecule has 3 fully saturated rings. The predicted molar refractivity (Wildman–Crippen MR) is 95.9 cm³/mol. The third kappa shape index (κ3) is 3.72. The van der Waals surface area contributed by atoms with Crippen LogP contribution < -0.4 is 5.32 Å². The monoisotopic (exact) mass is 343 g/mol. The molecule has 4 rings (SSSR count). The second-order valence-corrected chi connectivity index (χ2v) is 7.85. The van der Waals surface area contributed by atoms with Crippen LogP contribution in [-0.2, 0) is 16.1 Å². The molecule has 1 spiro atoms. The van der Waals surface area contributed by atoms with Gasteiger partial charge in [0.25, 0.3) is 0 Å². The Labute approximate surface area is 150 Å². The quantitative estimate of drug-likeness (QED) is 0.912. The maximum absolute atomic E-state index is 13.4. The minimum atomic E-state index is 0.205. The van der Waals surface area contributed by atoms with E-state index in [2.05, 4.69) is 15.2 Å². The van der Waals surface area contributed by atoms with Crippen molar-refractivity contribution < 1.29 is 9.53 Å². The predicted octanol–water partition coefficient (Wildman–Crippen LogP) is 2.37. The summed E-state index contributed by atoms with van der Waals surface area (Å²) in [5, 5.41) is 3.47. The zero-order valence-electron chi connectivity index (χ0n) is 15.0. The molecule has 3 aliphatic rings. The van der Waals surface area contributed by atoms with Gasteiger partial charge in [-0.25, -0.2) is 0 Å². The molecular formula is C20H29N3O2. The molecule has 136 valence electrons. The van der Waals surface area contributed by atoms with Crippen LogP contribution in [0.3, 0.4) is 0 Å². The molecule has 0 aromatic carbocycles. The molecule has 1 aromatic rings. The summed E-state index contributed by atoms with van der Waals surface area (Å²) in [5.41, 5.74) is 1.23. The van der Waals surface area contributed by atoms with Crippen LogP contribution >= 0.6 is 0 Å². The maximum atomic E-state index is 13.4. The topological polar surface area (TPSA) is 54.5 Å². The molecule has 25 heavy (non-hydrogen) atoms. The van der Waals surface area contributed by atoms with Gasteiger partial charge in [-0.15, -0.1) is 0 Å². The van der Waals surface area contributed by atoms with Crippen molar-refractivity contribution in [3.05, 3.63) is 30.1 Å². The molecule has 0 unspecified atom stereocenters. The van der Waals surface area contributed by atoms with Crippen molar-refractivity contribution in [2.75, 3.05) is 26.3 Å². The second kappa shape index (κ2) is 7.42. The number of hydrogen-bond donors (Lipinski definition) is 1. The third-order valence-corrected chi connectivity index (χ3v) is 6.30. The van der Waals surface area contributed by atoms with Crippen LogP contribution in [0.5, 0.6) is 0 Å². The van der Waals surface area contributed by atoms with Gasteiger partial charge in [0.15, 0.2) is 0 Å². The van der Waals surface area contributed by atoms with Crippen LogP contribution in [0.15, 0.2) is 24.4 Å². The minimum Gasteiger partial charge on any atom is -0.381 e. The van der Waals surface area contributed by atoms with E-state index in [9.17, 15) is 4.79 Å². The molecular weight excluding hydrogens is 314 g/mol. The molecule has 2 atom stereocenters. The third-order valence-electron chi connectivity index (χ3n) is 6.30. The van der Waals surface area contributed by atoms with E-state index in [0.717, 1.165) is 70.5 Å². The molecule has 2 saturated heterocycles. The van der Waals surface area contributed by atoms with Crippen molar-refractivity contribution in [2.45, 2.75) is 51.1 Å². The molecule has 0 bridgehead atoms. The molecule has 5 heteroatoms. The van der Waals surface area contributed by atoms with Gasteiger partial charge in [-0.1, -0.05) is 6.07 Å². The van der Waals surface area contributed by atoms with Crippen LogP contribution in [0.4, 0.5) is 0 Å². The summed E-state index contributed by atoms with van der Waals surface area (Å²) >= 11 is 0. The number of amides is 1. The maximum Gasteiger partial charge on any atom is 0.226 e. The average molecular weight is 343 g/mol. The van der Waals surface area contributed by atoms with Crippen LogP contribution in [0.2, 0.25) is 0 Å². The SMILES string of the molecule is O=C([C@@H]1CC12CCOCC2)N(Cc1ccccn1)[C@@H]1CCCNCC1. The lowest BCUT2D eigenvalue weighted by Crippen LogP contribution is -2.42. The standard InChI is InChI=1S/C20H29N3O2/c24-19(18-14-20(18)7-12-25-13-8-20)23(15-16-4-1-2-10-22-16)17-5-3-9-21-11-6-17/h1-2,4,10,17-18,21H,3,5-9,11-15H2/t17-,18+/m1/s1. The lowest BCUT2D eigenvalue weighted by Gasteiger charge is -2.32. The van der Waals surface area contributed by atoms with Gasteiger partial charge in [-0.2, -0.15) is 0 Å². The van der Waals surface area contributed by atoms with E-state index in [1.54, 1.807) is 0 Å². The number of ether oxygens (including phenoxy) is 1. The number of rotatable bonds is 4. The number of carbonyl (C=O) groups is 1. The van der Waals surface area contributed by atoms with E-state index >= 15 is 0 Å². The Morgan fingerprint density at radius 3 is 2.96 bits per heavy atom. The molecule has 5 nitrogen and oxygen atoms in total. The van der Waals surface area contributed by atoms with Crippen LogP contribution in [0.1, 0.15) is 44.2 Å². The molecule has 1 aromatic heterocycles. The first-order valence-electron chi connectivity index (χ1n) is 9.77. The highest BCUT2D eigenvalue weighted by Crippen LogP contribution is 2.60. The zero-order valence-corrected chi connectivity index (χ0v) is 15.0. The highest BCUT2D eigenvalue weighted by Gasteiger charge is 2.59. The summed E-state index contributed by atoms with van der Waals surface area (Å²) in [7, 11) is 0. The molecule has 2 aliphatic heterocycles. The number of pyridine rings is 1. The van der Waals surface area contributed by atoms with E-state index in [4.69, 9.17) is 4.74 Å². The van der Waals surface area contributed by atoms with Gasteiger partial charge in [-0.3, -0.25) is 9.78 Å². The van der Waals surface area contributed by atoms with Crippen LogP contribution in [-0.4, -0.2) is 48.1 Å². The van der Waals surface area contributed by atoms with E-state index < -0.39 is 0 Å². The van der Waals surface area contributed by atoms with E-state index in [-0.39, 0.29) is 11.3 Å². The van der Waals surface area contributed by atoms with Crippen LogP contribution in [0, 0.1) is 11.3 Å². The van der Waals surface area contributed by atoms with E-state index in [0.29, 0.717) is 18.5 Å². The second-order valence-electron chi connectivity index (χ2n) is 7.85. The van der Waals surface area contributed by atoms with Gasteiger partial charge in [0, 0.05) is 31.4 Å². The molecule has 1 N–H and O–H groups in total. The average Bonchev–Trinajstić information content (AvgIpc) is 3.40. The lowest BCUT2D eigenvalue weighted by atomic mass is 9.93. The van der Waals surface area contributed by atoms with Crippen LogP contribution in [0.25, 0.3) is 0 Å². The molecule has 1 saturated carbocycles. The summed E-state index contributed by atoms with van der Waals surface area (Å²) in [6.45, 7) is 4.34. The Kier molecular flexibility index (Phi) is 5.04. The van der Waals surface area contributed by atoms with Crippen molar-refractivity contribution in [1.29, 1.82) is 0 Å². The van der Waals surface area contributed by atoms with Crippen molar-refractivity contribution in [3.8, 4) is 0 Å². The van der Waals surface area contributed by atoms with Gasteiger partial charge < -0.3 is 15.0 Å². The number of carbonyl (C=O) groups excluding carboxylic acids is 1. The summed E-state index contributed by atoms with van der Waals surface area (Å²) in [6.07, 6.45) is 8.25. The smallest absolute Gasteiger partial charge is 0.226 e. The van der Waals surface area contributed by atoms with Gasteiger partial charge in [0.1, 0.15) is 0 Å². The highest BCUT2D eigenvalue weighted by atomic mass is 16.5. The summed E-state index contributed by atoms with van der Waals surface area (Å²) in [6, 6.07) is 6.31. The zero-order chi connectivity index (χ0) is 17.1. The van der Waals surface area contributed by atoms with Gasteiger partial charge in [0.2, 0.25) is 5.91 Å². The highest BCUT2D eigenvalue weighted by molar-refractivity contribution is 5.83. The summed E-state index contributed by atoms with van der Waals surface area (Å²) in [5.74, 6) is 0.566. The Morgan fingerprint density at radius 1 is 1.28 bits per heavy atom. The summed E-state index contributed by atoms with van der Waals surface area (Å²) in [4.78, 5) is 20.1. The minimum absolute atomic E-state index is 0.205. The first-order chi connectivity index (χ1) is 12.3. The Hall–Kier alpha value is -1.46.